The molecule has 7 atom stereocenters. The number of carbonyl (C=O) groups is 2. The van der Waals surface area contributed by atoms with Crippen molar-refractivity contribution in [3.05, 3.63) is 24.8 Å². The highest BCUT2D eigenvalue weighted by molar-refractivity contribution is 5.87. The lowest BCUT2D eigenvalue weighted by atomic mass is 9.70. The molecule has 3 aliphatic carbocycles. The first-order valence-electron chi connectivity index (χ1n) is 9.29. The summed E-state index contributed by atoms with van der Waals surface area (Å²) in [5.74, 6) is 2.33. The molecule has 7 unspecified atom stereocenters. The van der Waals surface area contributed by atoms with Crippen LogP contribution in [0.5, 0.6) is 0 Å². The Morgan fingerprint density at radius 3 is 2.72 bits per heavy atom. The first-order chi connectivity index (χ1) is 12.0. The van der Waals surface area contributed by atoms with E-state index in [-0.39, 0.29) is 12.5 Å². The average molecular weight is 346 g/mol. The third-order valence-corrected chi connectivity index (χ3v) is 6.89. The van der Waals surface area contributed by atoms with Gasteiger partial charge in [0.1, 0.15) is 6.61 Å². The van der Waals surface area contributed by atoms with Gasteiger partial charge in [-0.2, -0.15) is 0 Å². The number of rotatable bonds is 6. The molecule has 0 spiro atoms. The minimum absolute atomic E-state index is 0.122. The van der Waals surface area contributed by atoms with Crippen LogP contribution >= 0.6 is 0 Å². The third kappa shape index (κ3) is 2.64. The van der Waals surface area contributed by atoms with Crippen LogP contribution in [0, 0.1) is 29.6 Å². The Kier molecular flexibility index (Phi) is 4.02. The monoisotopic (exact) mass is 346 g/mol. The van der Waals surface area contributed by atoms with Crippen molar-refractivity contribution in [2.75, 3.05) is 6.61 Å². The van der Waals surface area contributed by atoms with Gasteiger partial charge in [0.25, 0.3) is 0 Å². The predicted octanol–water partition coefficient (Wildman–Crippen LogP) is 3.00. The zero-order valence-electron chi connectivity index (χ0n) is 14.7. The number of esters is 2. The lowest BCUT2D eigenvalue weighted by molar-refractivity contribution is -0.144. The van der Waals surface area contributed by atoms with Gasteiger partial charge in [0.15, 0.2) is 5.60 Å². The summed E-state index contributed by atoms with van der Waals surface area (Å²) in [6, 6.07) is 0. The average Bonchev–Trinajstić information content (AvgIpc) is 2.99. The number of ether oxygens (including phenoxy) is 3. The summed E-state index contributed by atoms with van der Waals surface area (Å²) in [6.45, 7) is 8.80. The van der Waals surface area contributed by atoms with Crippen molar-refractivity contribution in [2.45, 2.75) is 50.9 Å². The molecule has 0 amide bonds. The third-order valence-electron chi connectivity index (χ3n) is 6.89. The maximum atomic E-state index is 11.9. The number of epoxide rings is 1. The molecule has 1 saturated heterocycles. The van der Waals surface area contributed by atoms with Crippen molar-refractivity contribution in [3.8, 4) is 0 Å². The minimum atomic E-state index is -0.684. The maximum absolute atomic E-state index is 11.9. The summed E-state index contributed by atoms with van der Waals surface area (Å²) < 4.78 is 16.7. The van der Waals surface area contributed by atoms with Gasteiger partial charge in [-0.1, -0.05) is 19.6 Å². The van der Waals surface area contributed by atoms with Crippen molar-refractivity contribution in [1.29, 1.82) is 0 Å². The van der Waals surface area contributed by atoms with Gasteiger partial charge in [-0.15, -0.1) is 0 Å². The minimum Gasteiger partial charge on any atom is -0.459 e. The maximum Gasteiger partial charge on any atom is 0.335 e. The number of hydrogen-bond donors (Lipinski definition) is 0. The van der Waals surface area contributed by atoms with E-state index in [0.29, 0.717) is 11.5 Å². The van der Waals surface area contributed by atoms with Gasteiger partial charge in [0.2, 0.25) is 6.29 Å². The van der Waals surface area contributed by atoms with Crippen LogP contribution in [-0.4, -0.2) is 30.4 Å². The van der Waals surface area contributed by atoms with E-state index in [9.17, 15) is 9.59 Å². The summed E-state index contributed by atoms with van der Waals surface area (Å²) in [4.78, 5) is 23.5. The van der Waals surface area contributed by atoms with Gasteiger partial charge < -0.3 is 14.2 Å². The predicted molar refractivity (Wildman–Crippen MR) is 90.2 cm³/mol. The van der Waals surface area contributed by atoms with Gasteiger partial charge >= 0.3 is 11.9 Å². The molecule has 136 valence electrons. The first-order valence-corrected chi connectivity index (χ1v) is 9.29. The molecule has 0 aromatic carbocycles. The highest BCUT2D eigenvalue weighted by atomic mass is 16.8. The Bertz CT molecular complexity index is 626. The second-order valence-corrected chi connectivity index (χ2v) is 8.16. The summed E-state index contributed by atoms with van der Waals surface area (Å²) >= 11 is 0. The van der Waals surface area contributed by atoms with Gasteiger partial charge in [-0.05, 0) is 56.3 Å². The second-order valence-electron chi connectivity index (χ2n) is 8.16. The molecular formula is C20H26O5. The van der Waals surface area contributed by atoms with Crippen LogP contribution in [-0.2, 0) is 23.8 Å². The Morgan fingerprint density at radius 1 is 1.24 bits per heavy atom. The number of carbonyl (C=O) groups excluding carboxylic acids is 2. The zero-order valence-corrected chi connectivity index (χ0v) is 14.7. The van der Waals surface area contributed by atoms with E-state index in [1.165, 1.54) is 25.7 Å². The van der Waals surface area contributed by atoms with E-state index >= 15 is 0 Å². The molecular weight excluding hydrogens is 320 g/mol. The van der Waals surface area contributed by atoms with Crippen LogP contribution in [0.4, 0.5) is 0 Å². The molecule has 3 saturated carbocycles. The summed E-state index contributed by atoms with van der Waals surface area (Å²) in [6.07, 6.45) is 6.80. The van der Waals surface area contributed by atoms with Crippen molar-refractivity contribution in [1.82, 2.24) is 0 Å². The fourth-order valence-corrected chi connectivity index (χ4v) is 5.83. The molecule has 0 N–H and O–H groups in total. The van der Waals surface area contributed by atoms with Crippen molar-refractivity contribution < 1.29 is 23.8 Å². The topological polar surface area (TPSA) is 65.1 Å². The van der Waals surface area contributed by atoms with Crippen LogP contribution in [0.25, 0.3) is 0 Å². The molecule has 4 aliphatic rings. The van der Waals surface area contributed by atoms with Crippen LogP contribution in [0.15, 0.2) is 24.8 Å². The van der Waals surface area contributed by atoms with Gasteiger partial charge in [0, 0.05) is 17.6 Å². The van der Waals surface area contributed by atoms with E-state index < -0.39 is 23.8 Å². The van der Waals surface area contributed by atoms with Crippen molar-refractivity contribution >= 4 is 11.9 Å². The Hall–Kier alpha value is -1.62. The Morgan fingerprint density at radius 2 is 2.00 bits per heavy atom. The Labute approximate surface area is 148 Å². The fourth-order valence-electron chi connectivity index (χ4n) is 5.83. The van der Waals surface area contributed by atoms with Crippen molar-refractivity contribution in [2.24, 2.45) is 29.6 Å². The summed E-state index contributed by atoms with van der Waals surface area (Å²) in [5, 5.41) is 0. The number of hydrogen-bond acceptors (Lipinski definition) is 5. The quantitative estimate of drug-likeness (QED) is 0.420. The molecule has 0 aromatic rings. The molecule has 0 radical (unpaired) electrons. The van der Waals surface area contributed by atoms with E-state index in [1.807, 2.05) is 0 Å². The molecule has 25 heavy (non-hydrogen) atoms. The lowest BCUT2D eigenvalue weighted by Crippen LogP contribution is -2.41. The molecule has 4 fully saturated rings. The van der Waals surface area contributed by atoms with Crippen molar-refractivity contribution in [3.63, 3.8) is 0 Å². The molecule has 1 heterocycles. The molecule has 0 aromatic heterocycles. The fraction of sp³-hybridized carbons (Fsp3) is 0.700. The van der Waals surface area contributed by atoms with Crippen LogP contribution in [0.1, 0.15) is 39.0 Å². The van der Waals surface area contributed by atoms with E-state index in [4.69, 9.17) is 14.2 Å². The van der Waals surface area contributed by atoms with Crippen LogP contribution in [0.3, 0.4) is 0 Å². The van der Waals surface area contributed by atoms with E-state index in [1.54, 1.807) is 6.92 Å². The molecule has 5 heteroatoms. The largest absolute Gasteiger partial charge is 0.459 e. The smallest absolute Gasteiger partial charge is 0.335 e. The van der Waals surface area contributed by atoms with Crippen LogP contribution < -0.4 is 0 Å². The SMILES string of the molecule is C=CC(=O)OCC1(C2CC3CC2C2CCCC32)OC1OC(=O)C(=C)C. The molecule has 2 bridgehead atoms. The van der Waals surface area contributed by atoms with E-state index in [0.717, 1.165) is 30.3 Å². The molecule has 1 aliphatic heterocycles. The molecule has 4 rings (SSSR count). The van der Waals surface area contributed by atoms with Gasteiger partial charge in [-0.25, -0.2) is 9.59 Å². The van der Waals surface area contributed by atoms with Gasteiger partial charge in [-0.3, -0.25) is 0 Å². The second kappa shape index (κ2) is 5.97. The summed E-state index contributed by atoms with van der Waals surface area (Å²) in [7, 11) is 0. The normalized spacial score (nSPS) is 43.4. The van der Waals surface area contributed by atoms with Gasteiger partial charge in [0.05, 0.1) is 0 Å². The highest BCUT2D eigenvalue weighted by Gasteiger charge is 2.71. The standard InChI is InChI=1S/C20H26O5/c1-4-17(21)23-10-20(19(25-20)24-18(22)11(2)3)16-9-12-8-15(16)14-7-5-6-13(12)14/h4,12-16,19H,1-2,5-10H2,3H3. The zero-order chi connectivity index (χ0) is 17.8. The number of fused-ring (bicyclic) bond motifs is 5. The molecule has 5 nitrogen and oxygen atoms in total. The summed E-state index contributed by atoms with van der Waals surface area (Å²) in [5.41, 5.74) is -0.340. The Balaban J connectivity index is 1.51. The van der Waals surface area contributed by atoms with Crippen LogP contribution in [0.2, 0.25) is 0 Å². The lowest BCUT2D eigenvalue weighted by Gasteiger charge is -2.34. The first kappa shape index (κ1) is 16.8. The highest BCUT2D eigenvalue weighted by Crippen LogP contribution is 2.66. The van der Waals surface area contributed by atoms with E-state index in [2.05, 4.69) is 13.2 Å².